The second-order valence-electron chi connectivity index (χ2n) is 5.72. The summed E-state index contributed by atoms with van der Waals surface area (Å²) < 4.78 is 0. The lowest BCUT2D eigenvalue weighted by molar-refractivity contribution is 0.0677. The van der Waals surface area contributed by atoms with Crippen molar-refractivity contribution in [2.45, 2.75) is 33.7 Å². The molecule has 0 saturated carbocycles. The van der Waals surface area contributed by atoms with Crippen LogP contribution in [0.15, 0.2) is 30.3 Å². The molecule has 1 heterocycles. The summed E-state index contributed by atoms with van der Waals surface area (Å²) >= 11 is 0. The highest BCUT2D eigenvalue weighted by molar-refractivity contribution is 5.98. The number of aromatic amines is 1. The third kappa shape index (κ3) is 2.98. The number of H-pyrrole nitrogens is 1. The zero-order valence-electron chi connectivity index (χ0n) is 12.1. The van der Waals surface area contributed by atoms with E-state index >= 15 is 0 Å². The average Bonchev–Trinajstić information content (AvgIpc) is 2.78. The molecule has 1 N–H and O–H groups in total. The molecule has 1 amide bonds. The summed E-state index contributed by atoms with van der Waals surface area (Å²) in [4.78, 5) is 17.7. The van der Waals surface area contributed by atoms with E-state index in [1.807, 2.05) is 35.2 Å². The first kappa shape index (κ1) is 13.7. The van der Waals surface area contributed by atoms with Crippen molar-refractivity contribution in [1.82, 2.24) is 9.88 Å². The highest BCUT2D eigenvalue weighted by Gasteiger charge is 2.21. The molecule has 19 heavy (non-hydrogen) atoms. The third-order valence-electron chi connectivity index (χ3n) is 3.21. The summed E-state index contributed by atoms with van der Waals surface area (Å²) in [7, 11) is 0. The van der Waals surface area contributed by atoms with Gasteiger partial charge in [0.15, 0.2) is 0 Å². The second-order valence-corrected chi connectivity index (χ2v) is 5.72. The first-order valence-electron chi connectivity index (χ1n) is 6.87. The van der Waals surface area contributed by atoms with E-state index in [4.69, 9.17) is 0 Å². The molecule has 0 aliphatic heterocycles. The summed E-state index contributed by atoms with van der Waals surface area (Å²) in [6.07, 6.45) is 0. The second kappa shape index (κ2) is 5.47. The Kier molecular flexibility index (Phi) is 3.93. The number of amides is 1. The maximum atomic E-state index is 12.6. The van der Waals surface area contributed by atoms with Gasteiger partial charge in [-0.25, -0.2) is 0 Å². The normalized spacial score (nSPS) is 11.5. The molecule has 2 rings (SSSR count). The van der Waals surface area contributed by atoms with Crippen molar-refractivity contribution in [3.05, 3.63) is 36.0 Å². The minimum atomic E-state index is 0.0832. The Labute approximate surface area is 114 Å². The zero-order valence-corrected chi connectivity index (χ0v) is 12.1. The number of nitrogens with zero attached hydrogens (tertiary/aromatic N) is 1. The summed E-state index contributed by atoms with van der Waals surface area (Å²) in [6, 6.07) is 10.1. The molecule has 0 radical (unpaired) electrons. The Bertz CT molecular complexity index is 536. The maximum absolute atomic E-state index is 12.6. The summed E-state index contributed by atoms with van der Waals surface area (Å²) in [5.74, 6) is 0.552. The van der Waals surface area contributed by atoms with Gasteiger partial charge in [0.05, 0.1) is 0 Å². The molecule has 3 nitrogen and oxygen atoms in total. The van der Waals surface area contributed by atoms with Crippen molar-refractivity contribution in [3.8, 4) is 0 Å². The van der Waals surface area contributed by atoms with E-state index in [9.17, 15) is 4.79 Å². The topological polar surface area (TPSA) is 36.1 Å². The van der Waals surface area contributed by atoms with Crippen LogP contribution < -0.4 is 0 Å². The summed E-state index contributed by atoms with van der Waals surface area (Å²) in [5, 5.41) is 1.08. The third-order valence-corrected chi connectivity index (χ3v) is 3.21. The van der Waals surface area contributed by atoms with E-state index in [2.05, 4.69) is 32.7 Å². The summed E-state index contributed by atoms with van der Waals surface area (Å²) in [5.41, 5.74) is 1.69. The van der Waals surface area contributed by atoms with Gasteiger partial charge in [-0.1, -0.05) is 32.0 Å². The van der Waals surface area contributed by atoms with E-state index in [1.165, 1.54) is 0 Å². The molecule has 0 aliphatic rings. The van der Waals surface area contributed by atoms with Gasteiger partial charge in [0.2, 0.25) is 0 Å². The molecule has 1 aromatic carbocycles. The van der Waals surface area contributed by atoms with Gasteiger partial charge in [-0.15, -0.1) is 0 Å². The largest absolute Gasteiger partial charge is 0.351 e. The number of hydrogen-bond donors (Lipinski definition) is 1. The Balaban J connectivity index is 2.30. The molecule has 0 bridgehead atoms. The summed E-state index contributed by atoms with van der Waals surface area (Å²) in [6.45, 7) is 9.17. The first-order chi connectivity index (χ1) is 8.99. The van der Waals surface area contributed by atoms with Crippen molar-refractivity contribution in [2.24, 2.45) is 5.92 Å². The predicted molar refractivity (Wildman–Crippen MR) is 79.3 cm³/mol. The molecule has 2 aromatic rings. The van der Waals surface area contributed by atoms with E-state index in [1.54, 1.807) is 0 Å². The Morgan fingerprint density at radius 1 is 1.21 bits per heavy atom. The number of nitrogens with one attached hydrogen (secondary N) is 1. The predicted octanol–water partition coefficient (Wildman–Crippen LogP) is 3.67. The molecular weight excluding hydrogens is 236 g/mol. The lowest BCUT2D eigenvalue weighted by atomic mass is 10.1. The Morgan fingerprint density at radius 3 is 2.47 bits per heavy atom. The van der Waals surface area contributed by atoms with Crippen LogP contribution in [0.4, 0.5) is 0 Å². The molecule has 0 unspecified atom stereocenters. The zero-order chi connectivity index (χ0) is 14.0. The Morgan fingerprint density at radius 2 is 1.89 bits per heavy atom. The van der Waals surface area contributed by atoms with Crippen molar-refractivity contribution in [2.75, 3.05) is 6.54 Å². The van der Waals surface area contributed by atoms with Crippen LogP contribution in [-0.2, 0) is 0 Å². The highest BCUT2D eigenvalue weighted by atomic mass is 16.2. The van der Waals surface area contributed by atoms with Crippen molar-refractivity contribution >= 4 is 16.8 Å². The minimum absolute atomic E-state index is 0.0832. The van der Waals surface area contributed by atoms with Crippen molar-refractivity contribution in [1.29, 1.82) is 0 Å². The number of aromatic nitrogens is 1. The monoisotopic (exact) mass is 258 g/mol. The minimum Gasteiger partial charge on any atom is -0.351 e. The van der Waals surface area contributed by atoms with E-state index in [0.717, 1.165) is 17.4 Å². The average molecular weight is 258 g/mol. The van der Waals surface area contributed by atoms with Crippen LogP contribution in [0.3, 0.4) is 0 Å². The van der Waals surface area contributed by atoms with Crippen LogP contribution in [0.2, 0.25) is 0 Å². The number of rotatable bonds is 4. The van der Waals surface area contributed by atoms with Gasteiger partial charge in [-0.3, -0.25) is 4.79 Å². The molecule has 0 fully saturated rings. The molecular formula is C16H22N2O. The van der Waals surface area contributed by atoms with E-state index in [-0.39, 0.29) is 11.9 Å². The fraction of sp³-hybridized carbons (Fsp3) is 0.438. The van der Waals surface area contributed by atoms with Gasteiger partial charge in [0, 0.05) is 23.5 Å². The van der Waals surface area contributed by atoms with Crippen LogP contribution in [0.25, 0.3) is 10.9 Å². The number of carbonyl (C=O) groups excluding carboxylic acids is 1. The van der Waals surface area contributed by atoms with Crippen molar-refractivity contribution in [3.63, 3.8) is 0 Å². The fourth-order valence-corrected chi connectivity index (χ4v) is 2.26. The smallest absolute Gasteiger partial charge is 0.270 e. The Hall–Kier alpha value is -1.77. The molecule has 0 atom stereocenters. The fourth-order valence-electron chi connectivity index (χ4n) is 2.26. The lowest BCUT2D eigenvalue weighted by Gasteiger charge is -2.28. The standard InChI is InChI=1S/C16H22N2O/c1-11(2)10-18(12(3)4)16(19)15-9-13-7-5-6-8-14(13)17-15/h5-9,11-12,17H,10H2,1-4H3. The number of hydrogen-bond acceptors (Lipinski definition) is 1. The van der Waals surface area contributed by atoms with Gasteiger partial charge < -0.3 is 9.88 Å². The number of carbonyl (C=O) groups is 1. The number of benzene rings is 1. The molecule has 1 aromatic heterocycles. The van der Waals surface area contributed by atoms with Gasteiger partial charge in [-0.05, 0) is 31.9 Å². The SMILES string of the molecule is CC(C)CN(C(=O)c1cc2ccccc2[nH]1)C(C)C. The molecule has 0 aliphatic carbocycles. The molecule has 0 saturated heterocycles. The van der Waals surface area contributed by atoms with Gasteiger partial charge >= 0.3 is 0 Å². The van der Waals surface area contributed by atoms with Crippen LogP contribution in [0, 0.1) is 5.92 Å². The molecule has 102 valence electrons. The van der Waals surface area contributed by atoms with Gasteiger partial charge in [0.1, 0.15) is 5.69 Å². The first-order valence-corrected chi connectivity index (χ1v) is 6.87. The van der Waals surface area contributed by atoms with Crippen LogP contribution in [0.1, 0.15) is 38.2 Å². The molecule has 3 heteroatoms. The van der Waals surface area contributed by atoms with E-state index < -0.39 is 0 Å². The van der Waals surface area contributed by atoms with Crippen LogP contribution in [-0.4, -0.2) is 28.4 Å². The van der Waals surface area contributed by atoms with Crippen molar-refractivity contribution < 1.29 is 4.79 Å². The van der Waals surface area contributed by atoms with Gasteiger partial charge in [-0.2, -0.15) is 0 Å². The highest BCUT2D eigenvalue weighted by Crippen LogP contribution is 2.17. The van der Waals surface area contributed by atoms with E-state index in [0.29, 0.717) is 11.6 Å². The number of para-hydroxylation sites is 1. The van der Waals surface area contributed by atoms with Crippen LogP contribution >= 0.6 is 0 Å². The lowest BCUT2D eigenvalue weighted by Crippen LogP contribution is -2.39. The number of fused-ring (bicyclic) bond motifs is 1. The quantitative estimate of drug-likeness (QED) is 0.892. The van der Waals surface area contributed by atoms with Gasteiger partial charge in [0.25, 0.3) is 5.91 Å². The molecule has 0 spiro atoms. The maximum Gasteiger partial charge on any atom is 0.270 e. The van der Waals surface area contributed by atoms with Crippen LogP contribution in [0.5, 0.6) is 0 Å².